The molecule has 5 heteroatoms. The number of pyridine rings is 1. The van der Waals surface area contributed by atoms with Gasteiger partial charge in [-0.1, -0.05) is 6.92 Å². The second-order valence-electron chi connectivity index (χ2n) is 4.10. The molecule has 0 bridgehead atoms. The highest BCUT2D eigenvalue weighted by molar-refractivity contribution is 5.93. The smallest absolute Gasteiger partial charge is 0.228 e. The maximum Gasteiger partial charge on any atom is 0.228 e. The first-order chi connectivity index (χ1) is 8.19. The molecule has 0 aliphatic heterocycles. The van der Waals surface area contributed by atoms with Crippen LogP contribution in [0.25, 0.3) is 0 Å². The number of hydrogen-bond donors (Lipinski definition) is 2. The molecule has 0 radical (unpaired) electrons. The number of carbonyl (C=O) groups is 2. The van der Waals surface area contributed by atoms with E-state index < -0.39 is 0 Å². The zero-order valence-electron chi connectivity index (χ0n) is 9.69. The average molecular weight is 233 g/mol. The Morgan fingerprint density at radius 2 is 2.12 bits per heavy atom. The van der Waals surface area contributed by atoms with Crippen LogP contribution in [0.3, 0.4) is 0 Å². The van der Waals surface area contributed by atoms with E-state index in [0.717, 1.165) is 12.8 Å². The largest absolute Gasteiger partial charge is 0.325 e. The normalized spacial score (nSPS) is 14.2. The van der Waals surface area contributed by atoms with Crippen molar-refractivity contribution in [3.05, 3.63) is 18.3 Å². The fourth-order valence-electron chi connectivity index (χ4n) is 1.36. The first-order valence-corrected chi connectivity index (χ1v) is 5.76. The van der Waals surface area contributed by atoms with Gasteiger partial charge in [-0.2, -0.15) is 0 Å². The lowest BCUT2D eigenvalue weighted by molar-refractivity contribution is -0.117. The van der Waals surface area contributed by atoms with Gasteiger partial charge in [0.25, 0.3) is 0 Å². The SMILES string of the molecule is CCC(=O)Nc1ccc(NC(=O)C2CC2)nc1. The lowest BCUT2D eigenvalue weighted by Gasteiger charge is -2.05. The summed E-state index contributed by atoms with van der Waals surface area (Å²) < 4.78 is 0. The van der Waals surface area contributed by atoms with Gasteiger partial charge in [-0.15, -0.1) is 0 Å². The Bertz CT molecular complexity index is 424. The number of hydrogen-bond acceptors (Lipinski definition) is 3. The fourth-order valence-corrected chi connectivity index (χ4v) is 1.36. The highest BCUT2D eigenvalue weighted by atomic mass is 16.2. The van der Waals surface area contributed by atoms with E-state index in [9.17, 15) is 9.59 Å². The summed E-state index contributed by atoms with van der Waals surface area (Å²) in [7, 11) is 0. The summed E-state index contributed by atoms with van der Waals surface area (Å²) >= 11 is 0. The predicted molar refractivity (Wildman–Crippen MR) is 64.5 cm³/mol. The van der Waals surface area contributed by atoms with Gasteiger partial charge in [0.15, 0.2) is 0 Å². The first-order valence-electron chi connectivity index (χ1n) is 5.76. The van der Waals surface area contributed by atoms with Crippen molar-refractivity contribution in [1.29, 1.82) is 0 Å². The van der Waals surface area contributed by atoms with Crippen molar-refractivity contribution in [3.63, 3.8) is 0 Å². The third-order valence-corrected chi connectivity index (χ3v) is 2.57. The number of amides is 2. The second-order valence-corrected chi connectivity index (χ2v) is 4.10. The van der Waals surface area contributed by atoms with Crippen LogP contribution >= 0.6 is 0 Å². The van der Waals surface area contributed by atoms with Gasteiger partial charge in [-0.25, -0.2) is 4.98 Å². The van der Waals surface area contributed by atoms with E-state index in [-0.39, 0.29) is 17.7 Å². The molecule has 1 aromatic heterocycles. The summed E-state index contributed by atoms with van der Waals surface area (Å²) in [6.07, 6.45) is 3.91. The number of anilines is 2. The number of aromatic nitrogens is 1. The molecule has 90 valence electrons. The molecule has 2 rings (SSSR count). The summed E-state index contributed by atoms with van der Waals surface area (Å²) in [5.74, 6) is 0.664. The van der Waals surface area contributed by atoms with Crippen LogP contribution in [0.15, 0.2) is 18.3 Å². The molecule has 1 aliphatic carbocycles. The molecule has 17 heavy (non-hydrogen) atoms. The molecule has 0 atom stereocenters. The third kappa shape index (κ3) is 3.27. The Labute approximate surface area is 99.6 Å². The molecule has 1 heterocycles. The maximum atomic E-state index is 11.5. The van der Waals surface area contributed by atoms with Crippen LogP contribution in [-0.2, 0) is 9.59 Å². The molecular weight excluding hydrogens is 218 g/mol. The molecule has 1 aromatic rings. The van der Waals surface area contributed by atoms with Crippen LogP contribution in [0, 0.1) is 5.92 Å². The standard InChI is InChI=1S/C12H15N3O2/c1-2-11(16)14-9-5-6-10(13-7-9)15-12(17)8-3-4-8/h5-8H,2-4H2,1H3,(H,14,16)(H,13,15,17). The van der Waals surface area contributed by atoms with Gasteiger partial charge in [0.1, 0.15) is 5.82 Å². The summed E-state index contributed by atoms with van der Waals surface area (Å²) in [6.45, 7) is 1.78. The molecule has 1 aliphatic rings. The lowest BCUT2D eigenvalue weighted by Crippen LogP contribution is -2.14. The quantitative estimate of drug-likeness (QED) is 0.832. The molecule has 0 saturated heterocycles. The number of carbonyl (C=O) groups excluding carboxylic acids is 2. The molecule has 5 nitrogen and oxygen atoms in total. The van der Waals surface area contributed by atoms with Crippen molar-refractivity contribution >= 4 is 23.3 Å². The van der Waals surface area contributed by atoms with Gasteiger partial charge in [0.05, 0.1) is 11.9 Å². The summed E-state index contributed by atoms with van der Waals surface area (Å²) in [5.41, 5.74) is 0.640. The Hall–Kier alpha value is -1.91. The molecule has 0 aromatic carbocycles. The van der Waals surface area contributed by atoms with Crippen LogP contribution in [0.1, 0.15) is 26.2 Å². The predicted octanol–water partition coefficient (Wildman–Crippen LogP) is 1.78. The molecular formula is C12H15N3O2. The number of rotatable bonds is 4. The minimum Gasteiger partial charge on any atom is -0.325 e. The first kappa shape index (κ1) is 11.6. The number of nitrogens with one attached hydrogen (secondary N) is 2. The zero-order chi connectivity index (χ0) is 12.3. The van der Waals surface area contributed by atoms with E-state index >= 15 is 0 Å². The Kier molecular flexibility index (Phi) is 3.37. The molecule has 1 saturated carbocycles. The average Bonchev–Trinajstić information content (AvgIpc) is 3.15. The van der Waals surface area contributed by atoms with Crippen molar-refractivity contribution in [3.8, 4) is 0 Å². The molecule has 0 unspecified atom stereocenters. The van der Waals surface area contributed by atoms with Crippen molar-refractivity contribution in [2.24, 2.45) is 5.92 Å². The van der Waals surface area contributed by atoms with Gasteiger partial charge >= 0.3 is 0 Å². The minimum atomic E-state index is -0.0541. The minimum absolute atomic E-state index is 0.0304. The van der Waals surface area contributed by atoms with Crippen LogP contribution < -0.4 is 10.6 Å². The van der Waals surface area contributed by atoms with Crippen LogP contribution in [0.4, 0.5) is 11.5 Å². The van der Waals surface area contributed by atoms with Crippen LogP contribution in [0.2, 0.25) is 0 Å². The summed E-state index contributed by atoms with van der Waals surface area (Å²) in [5, 5.41) is 5.43. The Balaban J connectivity index is 1.92. The Morgan fingerprint density at radius 3 is 2.65 bits per heavy atom. The topological polar surface area (TPSA) is 71.1 Å². The van der Waals surface area contributed by atoms with Crippen LogP contribution in [-0.4, -0.2) is 16.8 Å². The summed E-state index contributed by atoms with van der Waals surface area (Å²) in [6, 6.07) is 3.41. The zero-order valence-corrected chi connectivity index (χ0v) is 9.69. The molecule has 2 amide bonds. The highest BCUT2D eigenvalue weighted by Gasteiger charge is 2.29. The van der Waals surface area contributed by atoms with Gasteiger partial charge in [0, 0.05) is 12.3 Å². The monoisotopic (exact) mass is 233 g/mol. The molecule has 0 spiro atoms. The van der Waals surface area contributed by atoms with Crippen molar-refractivity contribution < 1.29 is 9.59 Å². The highest BCUT2D eigenvalue weighted by Crippen LogP contribution is 2.29. The second kappa shape index (κ2) is 4.95. The van der Waals surface area contributed by atoms with Crippen molar-refractivity contribution in [2.75, 3.05) is 10.6 Å². The van der Waals surface area contributed by atoms with Gasteiger partial charge in [-0.3, -0.25) is 9.59 Å². The maximum absolute atomic E-state index is 11.5. The van der Waals surface area contributed by atoms with E-state index in [1.54, 1.807) is 19.1 Å². The molecule has 1 fully saturated rings. The van der Waals surface area contributed by atoms with Crippen molar-refractivity contribution in [2.45, 2.75) is 26.2 Å². The van der Waals surface area contributed by atoms with Gasteiger partial charge < -0.3 is 10.6 Å². The van der Waals surface area contributed by atoms with E-state index in [1.807, 2.05) is 0 Å². The summed E-state index contributed by atoms with van der Waals surface area (Å²) in [4.78, 5) is 26.7. The van der Waals surface area contributed by atoms with Crippen LogP contribution in [0.5, 0.6) is 0 Å². The van der Waals surface area contributed by atoms with Gasteiger partial charge in [-0.05, 0) is 25.0 Å². The van der Waals surface area contributed by atoms with Gasteiger partial charge in [0.2, 0.25) is 11.8 Å². The van der Waals surface area contributed by atoms with Crippen molar-refractivity contribution in [1.82, 2.24) is 4.98 Å². The van der Waals surface area contributed by atoms with E-state index in [2.05, 4.69) is 15.6 Å². The third-order valence-electron chi connectivity index (χ3n) is 2.57. The fraction of sp³-hybridized carbons (Fsp3) is 0.417. The van der Waals surface area contributed by atoms with E-state index in [1.165, 1.54) is 6.20 Å². The lowest BCUT2D eigenvalue weighted by atomic mass is 10.3. The van der Waals surface area contributed by atoms with E-state index in [0.29, 0.717) is 17.9 Å². The number of nitrogens with zero attached hydrogens (tertiary/aromatic N) is 1. The Morgan fingerprint density at radius 1 is 1.35 bits per heavy atom. The molecule has 2 N–H and O–H groups in total. The van der Waals surface area contributed by atoms with E-state index in [4.69, 9.17) is 0 Å².